The standard InChI is InChI=1S/C12H16N4/c1-9-11(8-15-16(9)2)12(13)7-10-3-5-14-6-4-10/h3-6,8,12H,7,13H2,1-2H3. The Morgan fingerprint density at radius 3 is 2.62 bits per heavy atom. The molecule has 0 fully saturated rings. The maximum absolute atomic E-state index is 6.17. The fraction of sp³-hybridized carbons (Fsp3) is 0.333. The molecule has 1 unspecified atom stereocenters. The second-order valence-electron chi connectivity index (χ2n) is 3.98. The lowest BCUT2D eigenvalue weighted by molar-refractivity contribution is 0.700. The second-order valence-corrected chi connectivity index (χ2v) is 3.98. The Bertz CT molecular complexity index is 461. The van der Waals surface area contributed by atoms with Crippen LogP contribution in [-0.2, 0) is 13.5 Å². The molecule has 0 bridgehead atoms. The van der Waals surface area contributed by atoms with Crippen molar-refractivity contribution in [2.24, 2.45) is 12.8 Å². The molecule has 0 saturated heterocycles. The molecule has 0 amide bonds. The molecule has 2 aromatic heterocycles. The lowest BCUT2D eigenvalue weighted by Crippen LogP contribution is -2.14. The van der Waals surface area contributed by atoms with Crippen LogP contribution in [0.1, 0.15) is 22.9 Å². The molecular weight excluding hydrogens is 200 g/mol. The third-order valence-corrected chi connectivity index (χ3v) is 2.88. The van der Waals surface area contributed by atoms with Crippen molar-refractivity contribution in [1.29, 1.82) is 0 Å². The molecule has 0 aliphatic carbocycles. The van der Waals surface area contributed by atoms with Gasteiger partial charge in [0.05, 0.1) is 6.20 Å². The van der Waals surface area contributed by atoms with Crippen molar-refractivity contribution >= 4 is 0 Å². The van der Waals surface area contributed by atoms with E-state index in [1.807, 2.05) is 37.0 Å². The number of rotatable bonds is 3. The molecule has 0 aromatic carbocycles. The van der Waals surface area contributed by atoms with Crippen LogP contribution in [0.3, 0.4) is 0 Å². The van der Waals surface area contributed by atoms with E-state index in [2.05, 4.69) is 10.1 Å². The smallest absolute Gasteiger partial charge is 0.0540 e. The van der Waals surface area contributed by atoms with Crippen molar-refractivity contribution in [1.82, 2.24) is 14.8 Å². The summed E-state index contributed by atoms with van der Waals surface area (Å²) in [5.74, 6) is 0. The molecule has 0 aliphatic rings. The topological polar surface area (TPSA) is 56.7 Å². The molecular formula is C12H16N4. The quantitative estimate of drug-likeness (QED) is 0.843. The summed E-state index contributed by atoms with van der Waals surface area (Å²) in [7, 11) is 1.93. The van der Waals surface area contributed by atoms with Crippen LogP contribution in [-0.4, -0.2) is 14.8 Å². The van der Waals surface area contributed by atoms with Crippen LogP contribution in [0.5, 0.6) is 0 Å². The Kier molecular flexibility index (Phi) is 3.01. The average molecular weight is 216 g/mol. The Labute approximate surface area is 95.1 Å². The van der Waals surface area contributed by atoms with E-state index < -0.39 is 0 Å². The zero-order valence-corrected chi connectivity index (χ0v) is 9.59. The molecule has 2 heterocycles. The Balaban J connectivity index is 2.15. The molecule has 0 spiro atoms. The van der Waals surface area contributed by atoms with Crippen molar-refractivity contribution < 1.29 is 0 Å². The third-order valence-electron chi connectivity index (χ3n) is 2.88. The maximum atomic E-state index is 6.17. The van der Waals surface area contributed by atoms with Crippen LogP contribution >= 0.6 is 0 Å². The number of hydrogen-bond acceptors (Lipinski definition) is 3. The molecule has 2 N–H and O–H groups in total. The number of aryl methyl sites for hydroxylation is 1. The van der Waals surface area contributed by atoms with Crippen molar-refractivity contribution in [3.05, 3.63) is 47.5 Å². The van der Waals surface area contributed by atoms with Crippen LogP contribution in [0.15, 0.2) is 30.7 Å². The molecule has 2 aromatic rings. The van der Waals surface area contributed by atoms with E-state index in [0.717, 1.165) is 17.7 Å². The lowest BCUT2D eigenvalue weighted by atomic mass is 10.0. The van der Waals surface area contributed by atoms with Crippen LogP contribution in [0.25, 0.3) is 0 Å². The van der Waals surface area contributed by atoms with Gasteiger partial charge in [-0.3, -0.25) is 9.67 Å². The predicted molar refractivity (Wildman–Crippen MR) is 62.8 cm³/mol. The molecule has 0 radical (unpaired) electrons. The highest BCUT2D eigenvalue weighted by atomic mass is 15.3. The maximum Gasteiger partial charge on any atom is 0.0540 e. The minimum absolute atomic E-state index is 0.00361. The Morgan fingerprint density at radius 1 is 1.38 bits per heavy atom. The van der Waals surface area contributed by atoms with Crippen molar-refractivity contribution in [2.45, 2.75) is 19.4 Å². The molecule has 1 atom stereocenters. The average Bonchev–Trinajstić information content (AvgIpc) is 2.61. The van der Waals surface area contributed by atoms with Crippen LogP contribution in [0.2, 0.25) is 0 Å². The summed E-state index contributed by atoms with van der Waals surface area (Å²) in [4.78, 5) is 3.99. The summed E-state index contributed by atoms with van der Waals surface area (Å²) in [6, 6.07) is 3.98. The molecule has 0 aliphatic heterocycles. The normalized spacial score (nSPS) is 12.7. The zero-order chi connectivity index (χ0) is 11.5. The molecule has 84 valence electrons. The highest BCUT2D eigenvalue weighted by Crippen LogP contribution is 2.18. The van der Waals surface area contributed by atoms with Gasteiger partial charge in [-0.05, 0) is 31.0 Å². The lowest BCUT2D eigenvalue weighted by Gasteiger charge is -2.11. The van der Waals surface area contributed by atoms with E-state index >= 15 is 0 Å². The largest absolute Gasteiger partial charge is 0.324 e. The minimum Gasteiger partial charge on any atom is -0.324 e. The van der Waals surface area contributed by atoms with E-state index in [-0.39, 0.29) is 6.04 Å². The van der Waals surface area contributed by atoms with Gasteiger partial charge < -0.3 is 5.73 Å². The van der Waals surface area contributed by atoms with E-state index in [1.165, 1.54) is 5.56 Å². The van der Waals surface area contributed by atoms with Gasteiger partial charge in [0.1, 0.15) is 0 Å². The Morgan fingerprint density at radius 2 is 2.06 bits per heavy atom. The van der Waals surface area contributed by atoms with Gasteiger partial charge in [-0.1, -0.05) is 0 Å². The summed E-state index contributed by atoms with van der Waals surface area (Å²) in [6.45, 7) is 2.04. The van der Waals surface area contributed by atoms with Gasteiger partial charge >= 0.3 is 0 Å². The summed E-state index contributed by atoms with van der Waals surface area (Å²) < 4.78 is 1.85. The van der Waals surface area contributed by atoms with E-state index in [4.69, 9.17) is 5.73 Å². The van der Waals surface area contributed by atoms with Crippen molar-refractivity contribution in [2.75, 3.05) is 0 Å². The molecule has 0 saturated carbocycles. The number of aromatic nitrogens is 3. The number of hydrogen-bond donors (Lipinski definition) is 1. The minimum atomic E-state index is -0.00361. The van der Waals surface area contributed by atoms with Gasteiger partial charge in [-0.25, -0.2) is 0 Å². The fourth-order valence-electron chi connectivity index (χ4n) is 1.76. The van der Waals surface area contributed by atoms with Gasteiger partial charge in [0, 0.05) is 36.7 Å². The van der Waals surface area contributed by atoms with Crippen molar-refractivity contribution in [3.8, 4) is 0 Å². The van der Waals surface area contributed by atoms with E-state index in [0.29, 0.717) is 0 Å². The predicted octanol–water partition coefficient (Wildman–Crippen LogP) is 1.37. The highest BCUT2D eigenvalue weighted by Gasteiger charge is 2.12. The summed E-state index contributed by atoms with van der Waals surface area (Å²) in [5.41, 5.74) is 9.60. The van der Waals surface area contributed by atoms with Crippen molar-refractivity contribution in [3.63, 3.8) is 0 Å². The zero-order valence-electron chi connectivity index (χ0n) is 9.59. The van der Waals surface area contributed by atoms with E-state index in [1.54, 1.807) is 12.4 Å². The number of nitrogens with two attached hydrogens (primary N) is 1. The first-order valence-electron chi connectivity index (χ1n) is 5.31. The first-order valence-corrected chi connectivity index (χ1v) is 5.31. The monoisotopic (exact) mass is 216 g/mol. The van der Waals surface area contributed by atoms with Gasteiger partial charge in [0.2, 0.25) is 0 Å². The van der Waals surface area contributed by atoms with Gasteiger partial charge in [0.25, 0.3) is 0 Å². The molecule has 16 heavy (non-hydrogen) atoms. The number of nitrogens with zero attached hydrogens (tertiary/aromatic N) is 3. The fourth-order valence-corrected chi connectivity index (χ4v) is 1.76. The van der Waals surface area contributed by atoms with Gasteiger partial charge in [-0.15, -0.1) is 0 Å². The molecule has 4 nitrogen and oxygen atoms in total. The van der Waals surface area contributed by atoms with Gasteiger partial charge in [-0.2, -0.15) is 5.10 Å². The summed E-state index contributed by atoms with van der Waals surface area (Å²) >= 11 is 0. The van der Waals surface area contributed by atoms with E-state index in [9.17, 15) is 0 Å². The van der Waals surface area contributed by atoms with Crippen LogP contribution in [0, 0.1) is 6.92 Å². The number of pyridine rings is 1. The summed E-state index contributed by atoms with van der Waals surface area (Å²) in [5, 5.41) is 4.20. The van der Waals surface area contributed by atoms with Gasteiger partial charge in [0.15, 0.2) is 0 Å². The molecule has 4 heteroatoms. The second kappa shape index (κ2) is 4.45. The summed E-state index contributed by atoms with van der Waals surface area (Å²) in [6.07, 6.45) is 6.24. The first kappa shape index (κ1) is 10.8. The highest BCUT2D eigenvalue weighted by molar-refractivity contribution is 5.23. The molecule has 2 rings (SSSR count). The third kappa shape index (κ3) is 2.12. The SMILES string of the molecule is Cc1c(C(N)Cc2ccncc2)cnn1C. The Hall–Kier alpha value is -1.68. The first-order chi connectivity index (χ1) is 7.68. The van der Waals surface area contributed by atoms with Crippen LogP contribution in [0.4, 0.5) is 0 Å². The van der Waals surface area contributed by atoms with Crippen LogP contribution < -0.4 is 5.73 Å².